The summed E-state index contributed by atoms with van der Waals surface area (Å²) >= 11 is 0. The van der Waals surface area contributed by atoms with Crippen LogP contribution in [0.2, 0.25) is 0 Å². The lowest BCUT2D eigenvalue weighted by atomic mass is 9.34. The first-order valence-corrected chi connectivity index (χ1v) is 23.4. The Morgan fingerprint density at radius 3 is 2.30 bits per heavy atom. The Morgan fingerprint density at radius 1 is 0.967 bits per heavy atom. The fourth-order valence-corrected chi connectivity index (χ4v) is 14.3. The molecule has 2 bridgehead atoms. The maximum atomic E-state index is 13.8. The van der Waals surface area contributed by atoms with E-state index in [9.17, 15) is 27.9 Å². The molecule has 1 aromatic carbocycles. The molecule has 0 spiro atoms. The van der Waals surface area contributed by atoms with Crippen LogP contribution in [0.15, 0.2) is 34.7 Å². The van der Waals surface area contributed by atoms with Crippen LogP contribution in [-0.2, 0) is 38.6 Å². The van der Waals surface area contributed by atoms with E-state index >= 15 is 0 Å². The Kier molecular flexibility index (Phi) is 13.0. The number of ether oxygens (including phenoxy) is 5. The summed E-state index contributed by atoms with van der Waals surface area (Å²) in [4.78, 5) is 40.1. The number of carboxylic acids is 1. The number of benzene rings is 1. The van der Waals surface area contributed by atoms with E-state index in [2.05, 4.69) is 59.3 Å². The van der Waals surface area contributed by atoms with Crippen LogP contribution in [0.1, 0.15) is 113 Å². The molecule has 6 rings (SSSR count). The van der Waals surface area contributed by atoms with E-state index in [-0.39, 0.29) is 46.4 Å². The second-order valence-corrected chi connectivity index (χ2v) is 21.8. The van der Waals surface area contributed by atoms with Crippen LogP contribution < -0.4 is 19.9 Å². The highest BCUT2D eigenvalue weighted by Crippen LogP contribution is 2.75. The number of fused-ring (bicyclic) bond motifs is 3. The third-order valence-electron chi connectivity index (χ3n) is 16.8. The lowest BCUT2D eigenvalue weighted by Gasteiger charge is -2.71. The van der Waals surface area contributed by atoms with Crippen LogP contribution in [0.5, 0.6) is 11.5 Å². The number of carbonyl (C=O) groups is 3. The van der Waals surface area contributed by atoms with Crippen LogP contribution in [0.3, 0.4) is 0 Å². The quantitative estimate of drug-likeness (QED) is 0.0941. The van der Waals surface area contributed by atoms with E-state index in [1.54, 1.807) is 0 Å². The summed E-state index contributed by atoms with van der Waals surface area (Å²) in [6.45, 7) is 17.8. The minimum absolute atomic E-state index is 0.0421. The number of sulfonamides is 1. The molecule has 1 heterocycles. The first-order chi connectivity index (χ1) is 28.1. The summed E-state index contributed by atoms with van der Waals surface area (Å²) in [5, 5.41) is 11.0. The van der Waals surface area contributed by atoms with Gasteiger partial charge in [-0.15, -0.1) is 0 Å². The second-order valence-electron chi connectivity index (χ2n) is 20.1. The molecular weight excluding hydrogens is 789 g/mol. The van der Waals surface area contributed by atoms with Gasteiger partial charge in [0.05, 0.1) is 38.2 Å². The SMILES string of the molecule is COc1ccc(S(=O)(=O)NCCCCC(N)C(=O)O[C@H]2[C@H](OC(C)=O)C[C@]34COC[C@]2(C)[C@@H]3CC[C@H]2C4=CC[C@@]3(C)[C@H](C(=O)O)[C@@](C)([C@H](C)C(C)C)CC[C@]23C)cc1OC. The number of aliphatic carboxylic acids is 1. The van der Waals surface area contributed by atoms with E-state index in [4.69, 9.17) is 29.4 Å². The first-order valence-electron chi connectivity index (χ1n) is 21.9. The lowest BCUT2D eigenvalue weighted by Crippen LogP contribution is -2.70. The summed E-state index contributed by atoms with van der Waals surface area (Å²) in [6.07, 6.45) is 6.54. The molecule has 13 nitrogen and oxygen atoms in total. The van der Waals surface area contributed by atoms with Crippen molar-refractivity contribution in [3.8, 4) is 11.5 Å². The number of carboxylic acid groups (broad SMARTS) is 1. The van der Waals surface area contributed by atoms with Crippen LogP contribution in [0.25, 0.3) is 0 Å². The Labute approximate surface area is 357 Å². The van der Waals surface area contributed by atoms with Gasteiger partial charge in [0.25, 0.3) is 0 Å². The molecule has 60 heavy (non-hydrogen) atoms. The largest absolute Gasteiger partial charge is 0.493 e. The van der Waals surface area contributed by atoms with E-state index in [1.807, 2.05) is 0 Å². The average molecular weight is 859 g/mol. The maximum absolute atomic E-state index is 13.8. The average Bonchev–Trinajstić information content (AvgIpc) is 3.18. The van der Waals surface area contributed by atoms with Crippen molar-refractivity contribution in [2.45, 2.75) is 136 Å². The topological polar surface area (TPSA) is 190 Å². The van der Waals surface area contributed by atoms with Crippen molar-refractivity contribution < 1.29 is 51.6 Å². The third kappa shape index (κ3) is 7.56. The highest BCUT2D eigenvalue weighted by Gasteiger charge is 2.72. The number of methoxy groups -OCH3 is 2. The summed E-state index contributed by atoms with van der Waals surface area (Å²) in [6, 6.07) is 3.39. The Hall–Kier alpha value is -3.20. The van der Waals surface area contributed by atoms with Gasteiger partial charge < -0.3 is 34.5 Å². The van der Waals surface area contributed by atoms with Crippen LogP contribution in [-0.4, -0.2) is 83.7 Å². The molecule has 3 saturated carbocycles. The maximum Gasteiger partial charge on any atom is 0.323 e. The molecule has 4 N–H and O–H groups in total. The lowest BCUT2D eigenvalue weighted by molar-refractivity contribution is -0.263. The van der Waals surface area contributed by atoms with Gasteiger partial charge in [-0.05, 0) is 103 Å². The Balaban J connectivity index is 1.18. The molecular formula is C46H70N2O11S. The zero-order valence-electron chi connectivity index (χ0n) is 37.4. The third-order valence-corrected chi connectivity index (χ3v) is 18.3. The summed E-state index contributed by atoms with van der Waals surface area (Å²) < 4.78 is 57.9. The van der Waals surface area contributed by atoms with E-state index in [1.165, 1.54) is 44.9 Å². The molecule has 5 aliphatic rings. The smallest absolute Gasteiger partial charge is 0.323 e. The first kappa shape index (κ1) is 46.3. The summed E-state index contributed by atoms with van der Waals surface area (Å²) in [5.41, 5.74) is 5.47. The van der Waals surface area contributed by atoms with Crippen molar-refractivity contribution in [2.75, 3.05) is 34.0 Å². The normalized spacial score (nSPS) is 37.0. The molecule has 0 amide bonds. The summed E-state index contributed by atoms with van der Waals surface area (Å²) in [7, 11) is -0.913. The number of hydrogen-bond acceptors (Lipinski definition) is 11. The van der Waals surface area contributed by atoms with Gasteiger partial charge in [0.15, 0.2) is 11.5 Å². The molecule has 14 heteroatoms. The minimum atomic E-state index is -3.82. The number of allylic oxidation sites excluding steroid dienone is 1. The number of nitrogens with one attached hydrogen (secondary N) is 1. The molecule has 336 valence electrons. The fourth-order valence-electron chi connectivity index (χ4n) is 13.2. The molecule has 1 unspecified atom stereocenters. The van der Waals surface area contributed by atoms with Crippen LogP contribution in [0, 0.1) is 56.7 Å². The van der Waals surface area contributed by atoms with Gasteiger partial charge in [-0.1, -0.05) is 66.5 Å². The molecule has 1 saturated heterocycles. The standard InChI is InChI=1S/C46H70N2O11S/c1-27(2)28(3)42(5)20-21-44(7)31-15-17-37-43(6)25-57-26-46(37,32(31)18-19-45(44,8)38(42)40(50)51)24-36(58-29(4)49)39(43)59-41(52)33(47)13-11-12-22-48-60(53,54)30-14-16-34(55-9)35(23-30)56-10/h14,16,18,23,27-28,31,33,36-39,48H,11-13,15,17,19-22,24-26,47H2,1-10H3,(H,50,51)/t28-,31+,33?,36-,37+,38-,39+,42-,43-,44-,45+,46-/m1/s1. The molecule has 4 fully saturated rings. The van der Waals surface area contributed by atoms with Crippen molar-refractivity contribution >= 4 is 27.9 Å². The van der Waals surface area contributed by atoms with Crippen molar-refractivity contribution in [3.05, 3.63) is 29.8 Å². The van der Waals surface area contributed by atoms with Crippen LogP contribution >= 0.6 is 0 Å². The zero-order valence-corrected chi connectivity index (χ0v) is 38.2. The molecule has 0 aromatic heterocycles. The van der Waals surface area contributed by atoms with Crippen molar-refractivity contribution in [3.63, 3.8) is 0 Å². The van der Waals surface area contributed by atoms with Gasteiger partial charge in [0.1, 0.15) is 18.2 Å². The van der Waals surface area contributed by atoms with Gasteiger partial charge >= 0.3 is 17.9 Å². The second kappa shape index (κ2) is 16.8. The van der Waals surface area contributed by atoms with E-state index < -0.39 is 68.3 Å². The Bertz CT molecular complexity index is 1950. The number of unbranched alkanes of at least 4 members (excludes halogenated alkanes) is 1. The number of hydrogen-bond donors (Lipinski definition) is 3. The molecule has 1 aliphatic heterocycles. The predicted octanol–water partition coefficient (Wildman–Crippen LogP) is 6.91. The van der Waals surface area contributed by atoms with Gasteiger partial charge in [0.2, 0.25) is 10.0 Å². The zero-order chi connectivity index (χ0) is 44.2. The number of carbonyl (C=O) groups excluding carboxylic acids is 2. The van der Waals surface area contributed by atoms with Gasteiger partial charge in [-0.2, -0.15) is 0 Å². The van der Waals surface area contributed by atoms with E-state index in [0.717, 1.165) is 25.7 Å². The molecule has 1 aromatic rings. The fraction of sp³-hybridized carbons (Fsp3) is 0.761. The monoisotopic (exact) mass is 858 g/mol. The van der Waals surface area contributed by atoms with Gasteiger partial charge in [0, 0.05) is 30.4 Å². The highest BCUT2D eigenvalue weighted by molar-refractivity contribution is 7.89. The Morgan fingerprint density at radius 2 is 1.67 bits per heavy atom. The van der Waals surface area contributed by atoms with Crippen molar-refractivity contribution in [1.29, 1.82) is 0 Å². The van der Waals surface area contributed by atoms with Crippen molar-refractivity contribution in [2.24, 2.45) is 62.4 Å². The predicted molar refractivity (Wildman–Crippen MR) is 226 cm³/mol. The number of esters is 2. The molecule has 4 aliphatic carbocycles. The van der Waals surface area contributed by atoms with E-state index in [0.29, 0.717) is 56.3 Å². The highest BCUT2D eigenvalue weighted by atomic mass is 32.2. The minimum Gasteiger partial charge on any atom is -0.493 e. The van der Waals surface area contributed by atoms with Crippen LogP contribution in [0.4, 0.5) is 0 Å². The van der Waals surface area contributed by atoms with Gasteiger partial charge in [-0.3, -0.25) is 14.4 Å². The number of rotatable bonds is 15. The molecule has 12 atom stereocenters. The van der Waals surface area contributed by atoms with Gasteiger partial charge in [-0.25, -0.2) is 13.1 Å². The number of nitrogens with two attached hydrogens (primary N) is 1. The summed E-state index contributed by atoms with van der Waals surface area (Å²) in [5.74, 6) is -0.769. The molecule has 0 radical (unpaired) electrons. The van der Waals surface area contributed by atoms with Crippen molar-refractivity contribution in [1.82, 2.24) is 4.72 Å².